The summed E-state index contributed by atoms with van der Waals surface area (Å²) in [6.45, 7) is 7.82. The van der Waals surface area contributed by atoms with Crippen molar-refractivity contribution in [2.24, 2.45) is 11.3 Å². The highest BCUT2D eigenvalue weighted by atomic mass is 16.2. The van der Waals surface area contributed by atoms with Gasteiger partial charge >= 0.3 is 0 Å². The van der Waals surface area contributed by atoms with E-state index in [1.54, 1.807) is 6.08 Å². The van der Waals surface area contributed by atoms with Crippen LogP contribution in [0.3, 0.4) is 0 Å². The molecule has 2 rings (SSSR count). The number of amides is 2. The van der Waals surface area contributed by atoms with Gasteiger partial charge in [0.2, 0.25) is 11.8 Å². The highest BCUT2D eigenvalue weighted by Crippen LogP contribution is 2.47. The molecule has 2 aliphatic rings. The van der Waals surface area contributed by atoms with Crippen LogP contribution >= 0.6 is 0 Å². The number of carbonyl (C=O) groups excluding carboxylic acids is 2. The van der Waals surface area contributed by atoms with Gasteiger partial charge in [0.1, 0.15) is 5.41 Å². The van der Waals surface area contributed by atoms with E-state index in [2.05, 4.69) is 18.8 Å². The molecule has 0 aromatic rings. The average Bonchev–Trinajstić information content (AvgIpc) is 3.17. The summed E-state index contributed by atoms with van der Waals surface area (Å²) in [7, 11) is 0. The van der Waals surface area contributed by atoms with Crippen molar-refractivity contribution in [2.45, 2.75) is 32.6 Å². The van der Waals surface area contributed by atoms with Gasteiger partial charge in [-0.2, -0.15) is 0 Å². The Labute approximate surface area is 108 Å². The first-order valence-electron chi connectivity index (χ1n) is 6.79. The Morgan fingerprint density at radius 2 is 2.00 bits per heavy atom. The van der Waals surface area contributed by atoms with Crippen LogP contribution in [0.25, 0.3) is 0 Å². The van der Waals surface area contributed by atoms with E-state index in [1.807, 2.05) is 4.90 Å². The van der Waals surface area contributed by atoms with Crippen LogP contribution in [0, 0.1) is 11.3 Å². The lowest BCUT2D eigenvalue weighted by Gasteiger charge is -2.32. The molecule has 0 bridgehead atoms. The number of nitrogens with one attached hydrogen (secondary N) is 1. The van der Waals surface area contributed by atoms with Gasteiger partial charge in [-0.15, -0.1) is 6.58 Å². The second-order valence-electron chi connectivity index (χ2n) is 5.56. The molecule has 1 aliphatic carbocycles. The molecular formula is C14H22N2O2. The van der Waals surface area contributed by atoms with Gasteiger partial charge in [-0.1, -0.05) is 13.0 Å². The van der Waals surface area contributed by atoms with Crippen molar-refractivity contribution >= 4 is 11.8 Å². The van der Waals surface area contributed by atoms with Gasteiger partial charge in [0, 0.05) is 19.6 Å². The van der Waals surface area contributed by atoms with Crippen LogP contribution < -0.4 is 5.32 Å². The first-order valence-corrected chi connectivity index (χ1v) is 6.79. The molecule has 2 amide bonds. The third kappa shape index (κ3) is 2.42. The molecule has 2 fully saturated rings. The maximum absolute atomic E-state index is 12.4. The van der Waals surface area contributed by atoms with E-state index < -0.39 is 5.41 Å². The Hall–Kier alpha value is -1.32. The third-order valence-corrected chi connectivity index (χ3v) is 4.07. The Morgan fingerprint density at radius 3 is 2.50 bits per heavy atom. The molecule has 1 N–H and O–H groups in total. The number of rotatable bonds is 4. The average molecular weight is 250 g/mol. The standard InChI is InChI=1S/C14H22N2O2/c1-3-8-15-12(17)14(6-7-14)13(18)16-9-4-11(2)5-10-16/h3,11H,1,4-10H2,2H3,(H,15,17). The maximum atomic E-state index is 12.4. The van der Waals surface area contributed by atoms with Crippen molar-refractivity contribution in [2.75, 3.05) is 19.6 Å². The van der Waals surface area contributed by atoms with E-state index >= 15 is 0 Å². The quantitative estimate of drug-likeness (QED) is 0.604. The lowest BCUT2D eigenvalue weighted by Crippen LogP contribution is -2.47. The van der Waals surface area contributed by atoms with E-state index in [4.69, 9.17) is 0 Å². The zero-order valence-corrected chi connectivity index (χ0v) is 11.1. The fourth-order valence-electron chi connectivity index (χ4n) is 2.51. The van der Waals surface area contributed by atoms with Crippen LogP contribution in [0.5, 0.6) is 0 Å². The smallest absolute Gasteiger partial charge is 0.238 e. The minimum Gasteiger partial charge on any atom is -0.352 e. The van der Waals surface area contributed by atoms with Crippen molar-refractivity contribution in [1.29, 1.82) is 0 Å². The van der Waals surface area contributed by atoms with Crippen LogP contribution in [0.4, 0.5) is 0 Å². The van der Waals surface area contributed by atoms with Crippen LogP contribution in [0.1, 0.15) is 32.6 Å². The molecule has 1 saturated carbocycles. The Bertz CT molecular complexity index is 353. The predicted octanol–water partition coefficient (Wildman–Crippen LogP) is 1.33. The normalized spacial score (nSPS) is 22.4. The molecule has 0 spiro atoms. The lowest BCUT2D eigenvalue weighted by molar-refractivity contribution is -0.145. The van der Waals surface area contributed by atoms with Crippen LogP contribution in [0.15, 0.2) is 12.7 Å². The fraction of sp³-hybridized carbons (Fsp3) is 0.714. The van der Waals surface area contributed by atoms with Crippen molar-refractivity contribution in [1.82, 2.24) is 10.2 Å². The highest BCUT2D eigenvalue weighted by molar-refractivity contribution is 6.07. The first-order chi connectivity index (χ1) is 8.60. The SMILES string of the molecule is C=CCNC(=O)C1(C(=O)N2CCC(C)CC2)CC1. The summed E-state index contributed by atoms with van der Waals surface area (Å²) in [5.41, 5.74) is -0.746. The molecule has 0 aromatic carbocycles. The van der Waals surface area contributed by atoms with Gasteiger partial charge < -0.3 is 10.2 Å². The number of nitrogens with zero attached hydrogens (tertiary/aromatic N) is 1. The van der Waals surface area contributed by atoms with Gasteiger partial charge in [-0.3, -0.25) is 9.59 Å². The van der Waals surface area contributed by atoms with Crippen LogP contribution in [0.2, 0.25) is 0 Å². The van der Waals surface area contributed by atoms with E-state index in [0.717, 1.165) is 25.9 Å². The van der Waals surface area contributed by atoms with Gasteiger partial charge in [0.05, 0.1) is 0 Å². The van der Waals surface area contributed by atoms with Crippen molar-refractivity contribution in [3.63, 3.8) is 0 Å². The lowest BCUT2D eigenvalue weighted by atomic mass is 9.96. The van der Waals surface area contributed by atoms with Crippen LogP contribution in [-0.2, 0) is 9.59 Å². The maximum Gasteiger partial charge on any atom is 0.238 e. The Kier molecular flexibility index (Phi) is 3.73. The topological polar surface area (TPSA) is 49.4 Å². The summed E-state index contributed by atoms with van der Waals surface area (Å²) in [5, 5.41) is 2.76. The molecule has 0 aromatic heterocycles. The second-order valence-corrected chi connectivity index (χ2v) is 5.56. The van der Waals surface area contributed by atoms with E-state index in [1.165, 1.54) is 0 Å². The number of hydrogen-bond donors (Lipinski definition) is 1. The number of hydrogen-bond acceptors (Lipinski definition) is 2. The fourth-order valence-corrected chi connectivity index (χ4v) is 2.51. The Morgan fingerprint density at radius 1 is 1.39 bits per heavy atom. The molecule has 0 radical (unpaired) electrons. The molecule has 1 aliphatic heterocycles. The van der Waals surface area contributed by atoms with Gasteiger partial charge in [-0.05, 0) is 31.6 Å². The highest BCUT2D eigenvalue weighted by Gasteiger charge is 2.57. The minimum atomic E-state index is -0.746. The van der Waals surface area contributed by atoms with E-state index in [0.29, 0.717) is 25.3 Å². The number of likely N-dealkylation sites (tertiary alicyclic amines) is 1. The second kappa shape index (κ2) is 5.12. The van der Waals surface area contributed by atoms with E-state index in [-0.39, 0.29) is 11.8 Å². The monoisotopic (exact) mass is 250 g/mol. The molecule has 0 unspecified atom stereocenters. The minimum absolute atomic E-state index is 0.0379. The van der Waals surface area contributed by atoms with Gasteiger partial charge in [-0.25, -0.2) is 0 Å². The first kappa shape index (κ1) is 13.1. The summed E-state index contributed by atoms with van der Waals surface area (Å²) in [6, 6.07) is 0. The molecule has 100 valence electrons. The summed E-state index contributed by atoms with van der Waals surface area (Å²) in [4.78, 5) is 26.3. The Balaban J connectivity index is 1.95. The van der Waals surface area contributed by atoms with Crippen LogP contribution in [-0.4, -0.2) is 36.3 Å². The molecule has 1 saturated heterocycles. The molecule has 18 heavy (non-hydrogen) atoms. The van der Waals surface area contributed by atoms with Crippen molar-refractivity contribution < 1.29 is 9.59 Å². The molecule has 0 atom stereocenters. The number of carbonyl (C=O) groups is 2. The zero-order valence-electron chi connectivity index (χ0n) is 11.1. The molecule has 4 heteroatoms. The van der Waals surface area contributed by atoms with Gasteiger partial charge in [0.15, 0.2) is 0 Å². The van der Waals surface area contributed by atoms with Crippen molar-refractivity contribution in [3.05, 3.63) is 12.7 Å². The molecule has 4 nitrogen and oxygen atoms in total. The van der Waals surface area contributed by atoms with Crippen molar-refractivity contribution in [3.8, 4) is 0 Å². The van der Waals surface area contributed by atoms with Gasteiger partial charge in [0.25, 0.3) is 0 Å². The molecule has 1 heterocycles. The zero-order chi connectivity index (χ0) is 13.2. The third-order valence-electron chi connectivity index (χ3n) is 4.07. The molecular weight excluding hydrogens is 228 g/mol. The largest absolute Gasteiger partial charge is 0.352 e. The number of piperidine rings is 1. The summed E-state index contributed by atoms with van der Waals surface area (Å²) >= 11 is 0. The van der Waals surface area contributed by atoms with E-state index in [9.17, 15) is 9.59 Å². The summed E-state index contributed by atoms with van der Waals surface area (Å²) in [5.74, 6) is 0.612. The summed E-state index contributed by atoms with van der Waals surface area (Å²) in [6.07, 6.45) is 5.13. The predicted molar refractivity (Wildman–Crippen MR) is 69.9 cm³/mol. The summed E-state index contributed by atoms with van der Waals surface area (Å²) < 4.78 is 0.